The standard InChI is InChI=1S/C5H7NO6.C2H8N2.4C2H4O2/c6-1-5(2(7)8,3(9)10)4(11)12;3-1-2-4;4*1-2(3)4/h1,6H2,(H,7,8)(H,9,10)(H,11,12);1-4H2;4*1H3,(H,3,4). The molecule has 0 fully saturated rings. The molecule has 0 bridgehead atoms. The predicted octanol–water partition coefficient (Wildman–Crippen LogP) is -2.55. The van der Waals surface area contributed by atoms with Gasteiger partial charge in [-0.2, -0.15) is 0 Å². The van der Waals surface area contributed by atoms with Gasteiger partial charge in [0.15, 0.2) is 0 Å². The third-order valence-electron chi connectivity index (χ3n) is 1.57. The van der Waals surface area contributed by atoms with Gasteiger partial charge in [0.25, 0.3) is 29.3 Å². The molecule has 0 rings (SSSR count). The summed E-state index contributed by atoms with van der Waals surface area (Å²) in [4.78, 5) is 66.9. The molecule has 0 spiro atoms. The molecular formula is C15H31N3O14. The fourth-order valence-corrected chi connectivity index (χ4v) is 0.536. The molecule has 0 radical (unpaired) electrons. The van der Waals surface area contributed by atoms with Crippen molar-refractivity contribution in [3.05, 3.63) is 0 Å². The van der Waals surface area contributed by atoms with Crippen molar-refractivity contribution in [2.75, 3.05) is 19.6 Å². The van der Waals surface area contributed by atoms with E-state index in [1.807, 2.05) is 0 Å². The Morgan fingerprint density at radius 1 is 0.500 bits per heavy atom. The molecule has 0 aliphatic rings. The minimum atomic E-state index is -2.93. The van der Waals surface area contributed by atoms with E-state index in [9.17, 15) is 14.4 Å². The van der Waals surface area contributed by atoms with Crippen molar-refractivity contribution in [2.24, 2.45) is 22.6 Å². The predicted molar refractivity (Wildman–Crippen MR) is 106 cm³/mol. The van der Waals surface area contributed by atoms with Crippen molar-refractivity contribution >= 4 is 41.8 Å². The summed E-state index contributed by atoms with van der Waals surface area (Å²) >= 11 is 0. The van der Waals surface area contributed by atoms with Crippen molar-refractivity contribution in [3.63, 3.8) is 0 Å². The molecular weight excluding hydrogens is 446 g/mol. The summed E-state index contributed by atoms with van der Waals surface area (Å²) in [6, 6.07) is 0. The molecule has 17 heteroatoms. The zero-order chi connectivity index (χ0) is 27.7. The molecule has 0 saturated heterocycles. The summed E-state index contributed by atoms with van der Waals surface area (Å²) in [5.41, 5.74) is 11.6. The van der Waals surface area contributed by atoms with Gasteiger partial charge in [0, 0.05) is 47.3 Å². The molecule has 0 aromatic carbocycles. The van der Waals surface area contributed by atoms with Crippen LogP contribution in [-0.2, 0) is 33.6 Å². The minimum Gasteiger partial charge on any atom is -0.481 e. The first-order valence-corrected chi connectivity index (χ1v) is 7.82. The van der Waals surface area contributed by atoms with Crippen LogP contribution in [-0.4, -0.2) is 97.2 Å². The molecule has 0 unspecified atom stereocenters. The maximum Gasteiger partial charge on any atom is 0.334 e. The van der Waals surface area contributed by atoms with E-state index in [4.69, 9.17) is 72.1 Å². The summed E-state index contributed by atoms with van der Waals surface area (Å²) in [5.74, 6) is -9.28. The molecule has 190 valence electrons. The normalized spacial score (nSPS) is 8.09. The molecule has 0 aromatic heterocycles. The van der Waals surface area contributed by atoms with E-state index in [1.165, 1.54) is 0 Å². The van der Waals surface area contributed by atoms with Gasteiger partial charge in [0.1, 0.15) is 0 Å². The van der Waals surface area contributed by atoms with Crippen LogP contribution in [0.5, 0.6) is 0 Å². The molecule has 0 amide bonds. The third-order valence-corrected chi connectivity index (χ3v) is 1.57. The molecule has 0 atom stereocenters. The molecule has 0 heterocycles. The number of carboxylic acid groups (broad SMARTS) is 7. The second-order valence-corrected chi connectivity index (χ2v) is 4.68. The number of carbonyl (C=O) groups is 7. The highest BCUT2D eigenvalue weighted by Crippen LogP contribution is 2.16. The molecule has 13 N–H and O–H groups in total. The van der Waals surface area contributed by atoms with Crippen molar-refractivity contribution in [1.29, 1.82) is 0 Å². The molecule has 0 aromatic rings. The summed E-state index contributed by atoms with van der Waals surface area (Å²) in [6.45, 7) is 4.53. The van der Waals surface area contributed by atoms with Gasteiger partial charge < -0.3 is 52.9 Å². The number of rotatable bonds is 5. The Bertz CT molecular complexity index is 490. The summed E-state index contributed by atoms with van der Waals surface area (Å²) in [5, 5.41) is 54.6. The molecule has 0 saturated carbocycles. The molecule has 0 aliphatic carbocycles. The van der Waals surface area contributed by atoms with E-state index in [0.717, 1.165) is 27.7 Å². The van der Waals surface area contributed by atoms with Gasteiger partial charge in [-0.1, -0.05) is 0 Å². The number of nitrogens with two attached hydrogens (primary N) is 3. The fourth-order valence-electron chi connectivity index (χ4n) is 0.536. The van der Waals surface area contributed by atoms with Crippen LogP contribution in [0.15, 0.2) is 0 Å². The Balaban J connectivity index is -0.0000000706. The Morgan fingerprint density at radius 2 is 0.625 bits per heavy atom. The highest BCUT2D eigenvalue weighted by Gasteiger charge is 2.53. The first kappa shape index (κ1) is 42.3. The van der Waals surface area contributed by atoms with Crippen LogP contribution in [0.25, 0.3) is 0 Å². The van der Waals surface area contributed by atoms with Crippen LogP contribution in [0, 0.1) is 5.41 Å². The number of aliphatic carboxylic acids is 7. The number of carboxylic acids is 7. The number of hydrogen-bond acceptors (Lipinski definition) is 10. The molecule has 0 aliphatic heterocycles. The maximum atomic E-state index is 10.3. The fraction of sp³-hybridized carbons (Fsp3) is 0.533. The largest absolute Gasteiger partial charge is 0.481 e. The quantitative estimate of drug-likeness (QED) is 0.182. The first-order chi connectivity index (χ1) is 14.2. The van der Waals surface area contributed by atoms with Crippen LogP contribution in [0.2, 0.25) is 0 Å². The Morgan fingerprint density at radius 3 is 0.625 bits per heavy atom. The zero-order valence-electron chi connectivity index (χ0n) is 17.8. The molecule has 17 nitrogen and oxygen atoms in total. The second-order valence-electron chi connectivity index (χ2n) is 4.68. The van der Waals surface area contributed by atoms with Crippen LogP contribution >= 0.6 is 0 Å². The van der Waals surface area contributed by atoms with Crippen LogP contribution in [0.3, 0.4) is 0 Å². The average molecular weight is 477 g/mol. The van der Waals surface area contributed by atoms with Crippen molar-refractivity contribution in [2.45, 2.75) is 27.7 Å². The maximum absolute atomic E-state index is 10.3. The Labute approximate surface area is 182 Å². The average Bonchev–Trinajstić information content (AvgIpc) is 2.53. The Kier molecular flexibility index (Phi) is 35.9. The van der Waals surface area contributed by atoms with E-state index in [2.05, 4.69) is 0 Å². The van der Waals surface area contributed by atoms with Crippen molar-refractivity contribution < 1.29 is 69.3 Å². The topological polar surface area (TPSA) is 339 Å². The van der Waals surface area contributed by atoms with Gasteiger partial charge in [-0.3, -0.25) is 33.6 Å². The monoisotopic (exact) mass is 477 g/mol. The highest BCUT2D eigenvalue weighted by molar-refractivity contribution is 6.16. The van der Waals surface area contributed by atoms with Crippen LogP contribution in [0.4, 0.5) is 0 Å². The van der Waals surface area contributed by atoms with Gasteiger partial charge in [0.2, 0.25) is 0 Å². The van der Waals surface area contributed by atoms with Crippen molar-refractivity contribution in [1.82, 2.24) is 0 Å². The van der Waals surface area contributed by atoms with E-state index in [-0.39, 0.29) is 0 Å². The van der Waals surface area contributed by atoms with Gasteiger partial charge in [-0.15, -0.1) is 0 Å². The lowest BCUT2D eigenvalue weighted by atomic mass is 9.89. The summed E-state index contributed by atoms with van der Waals surface area (Å²) in [7, 11) is 0. The smallest absolute Gasteiger partial charge is 0.334 e. The first-order valence-electron chi connectivity index (χ1n) is 7.82. The van der Waals surface area contributed by atoms with Gasteiger partial charge in [0.05, 0.1) is 0 Å². The number of hydrogen-bond donors (Lipinski definition) is 10. The summed E-state index contributed by atoms with van der Waals surface area (Å²) in [6.07, 6.45) is 0. The van der Waals surface area contributed by atoms with Crippen LogP contribution < -0.4 is 17.2 Å². The summed E-state index contributed by atoms with van der Waals surface area (Å²) < 4.78 is 0. The van der Waals surface area contributed by atoms with E-state index < -0.39 is 53.7 Å². The Hall–Kier alpha value is -3.83. The lowest BCUT2D eigenvalue weighted by Gasteiger charge is -2.16. The van der Waals surface area contributed by atoms with E-state index in [0.29, 0.717) is 13.1 Å². The van der Waals surface area contributed by atoms with Crippen molar-refractivity contribution in [3.8, 4) is 0 Å². The zero-order valence-corrected chi connectivity index (χ0v) is 17.8. The second kappa shape index (κ2) is 27.2. The lowest BCUT2D eigenvalue weighted by molar-refractivity contribution is -0.174. The van der Waals surface area contributed by atoms with Crippen LogP contribution in [0.1, 0.15) is 27.7 Å². The highest BCUT2D eigenvalue weighted by atomic mass is 16.4. The van der Waals surface area contributed by atoms with Gasteiger partial charge in [-0.05, 0) is 0 Å². The molecule has 32 heavy (non-hydrogen) atoms. The van der Waals surface area contributed by atoms with Gasteiger partial charge in [-0.25, -0.2) is 0 Å². The minimum absolute atomic E-state index is 0.597. The van der Waals surface area contributed by atoms with Gasteiger partial charge >= 0.3 is 17.9 Å². The SMILES string of the molecule is CC(=O)O.CC(=O)O.CC(=O)O.CC(=O)O.NCC(C(=O)O)(C(=O)O)C(=O)O.NCCN. The third kappa shape index (κ3) is 50.2. The van der Waals surface area contributed by atoms with E-state index in [1.54, 1.807) is 0 Å². The van der Waals surface area contributed by atoms with E-state index >= 15 is 0 Å². The lowest BCUT2D eigenvalue weighted by Crippen LogP contribution is -2.51.